The molecule has 1 unspecified atom stereocenters. The molecule has 0 fully saturated rings. The van der Waals surface area contributed by atoms with Gasteiger partial charge in [-0.25, -0.2) is 0 Å². The van der Waals surface area contributed by atoms with Crippen LogP contribution in [0, 0.1) is 12.3 Å². The van der Waals surface area contributed by atoms with E-state index in [0.29, 0.717) is 11.3 Å². The average molecular weight is 178 g/mol. The van der Waals surface area contributed by atoms with Gasteiger partial charge >= 0.3 is 0 Å². The van der Waals surface area contributed by atoms with Gasteiger partial charge in [-0.05, 0) is 17.7 Å². The standard InChI is InChI=1S/C10H10O3/c1-3-8(11)7-4-5-9(12)10(6-7)13-2/h1,4-6,8,11-12H,2H3. The van der Waals surface area contributed by atoms with Crippen molar-refractivity contribution in [3.63, 3.8) is 0 Å². The first-order valence-electron chi connectivity index (χ1n) is 3.70. The lowest BCUT2D eigenvalue weighted by Gasteiger charge is -2.07. The van der Waals surface area contributed by atoms with Crippen molar-refractivity contribution in [2.45, 2.75) is 6.10 Å². The van der Waals surface area contributed by atoms with E-state index >= 15 is 0 Å². The van der Waals surface area contributed by atoms with E-state index in [1.807, 2.05) is 0 Å². The smallest absolute Gasteiger partial charge is 0.160 e. The maximum Gasteiger partial charge on any atom is 0.160 e. The molecule has 0 aliphatic heterocycles. The Morgan fingerprint density at radius 2 is 2.23 bits per heavy atom. The van der Waals surface area contributed by atoms with Gasteiger partial charge in [-0.3, -0.25) is 0 Å². The van der Waals surface area contributed by atoms with E-state index in [4.69, 9.17) is 11.2 Å². The van der Waals surface area contributed by atoms with Crippen molar-refractivity contribution < 1.29 is 14.9 Å². The van der Waals surface area contributed by atoms with Gasteiger partial charge in [-0.2, -0.15) is 0 Å². The van der Waals surface area contributed by atoms with Gasteiger partial charge in [0.25, 0.3) is 0 Å². The number of hydrogen-bond donors (Lipinski definition) is 2. The van der Waals surface area contributed by atoms with Gasteiger partial charge in [0.1, 0.15) is 6.10 Å². The third-order valence-corrected chi connectivity index (χ3v) is 1.68. The third kappa shape index (κ3) is 1.92. The number of phenolic OH excluding ortho intramolecular Hbond substituents is 1. The van der Waals surface area contributed by atoms with Crippen LogP contribution >= 0.6 is 0 Å². The number of hydrogen-bond acceptors (Lipinski definition) is 3. The van der Waals surface area contributed by atoms with Crippen molar-refractivity contribution in [3.05, 3.63) is 23.8 Å². The predicted molar refractivity (Wildman–Crippen MR) is 48.5 cm³/mol. The maximum absolute atomic E-state index is 9.27. The van der Waals surface area contributed by atoms with Crippen LogP contribution in [0.5, 0.6) is 11.5 Å². The van der Waals surface area contributed by atoms with Crippen LogP contribution in [0.15, 0.2) is 18.2 Å². The summed E-state index contributed by atoms with van der Waals surface area (Å²) in [6, 6.07) is 4.47. The Balaban J connectivity index is 3.08. The number of phenols is 1. The van der Waals surface area contributed by atoms with Crippen LogP contribution in [0.3, 0.4) is 0 Å². The summed E-state index contributed by atoms with van der Waals surface area (Å²) in [7, 11) is 1.43. The quantitative estimate of drug-likeness (QED) is 0.666. The summed E-state index contributed by atoms with van der Waals surface area (Å²) in [5.74, 6) is 2.49. The molecule has 1 aromatic rings. The Morgan fingerprint density at radius 1 is 1.54 bits per heavy atom. The first-order valence-corrected chi connectivity index (χ1v) is 3.70. The van der Waals surface area contributed by atoms with Crippen LogP contribution in [0.4, 0.5) is 0 Å². The second-order valence-corrected chi connectivity index (χ2v) is 2.50. The topological polar surface area (TPSA) is 49.7 Å². The molecular formula is C10H10O3. The third-order valence-electron chi connectivity index (χ3n) is 1.68. The first kappa shape index (κ1) is 9.43. The summed E-state index contributed by atoms with van der Waals surface area (Å²) >= 11 is 0. The highest BCUT2D eigenvalue weighted by molar-refractivity contribution is 5.43. The Labute approximate surface area is 76.6 Å². The Hall–Kier alpha value is -1.66. The Bertz CT molecular complexity index is 339. The summed E-state index contributed by atoms with van der Waals surface area (Å²) in [6.07, 6.45) is 4.07. The van der Waals surface area contributed by atoms with E-state index in [1.165, 1.54) is 19.2 Å². The zero-order valence-corrected chi connectivity index (χ0v) is 7.19. The highest BCUT2D eigenvalue weighted by Gasteiger charge is 2.07. The Morgan fingerprint density at radius 3 is 2.77 bits per heavy atom. The van der Waals surface area contributed by atoms with Crippen LogP contribution in [0.2, 0.25) is 0 Å². The van der Waals surface area contributed by atoms with E-state index in [2.05, 4.69) is 5.92 Å². The number of rotatable bonds is 2. The zero-order chi connectivity index (χ0) is 9.84. The fourth-order valence-corrected chi connectivity index (χ4v) is 0.961. The molecule has 3 nitrogen and oxygen atoms in total. The first-order chi connectivity index (χ1) is 6.19. The monoisotopic (exact) mass is 178 g/mol. The number of terminal acetylenes is 1. The predicted octanol–water partition coefficient (Wildman–Crippen LogP) is 1.07. The number of benzene rings is 1. The lowest BCUT2D eigenvalue weighted by atomic mass is 10.1. The highest BCUT2D eigenvalue weighted by atomic mass is 16.5. The molecule has 0 saturated heterocycles. The van der Waals surface area contributed by atoms with E-state index in [-0.39, 0.29) is 5.75 Å². The molecule has 0 radical (unpaired) electrons. The van der Waals surface area contributed by atoms with Crippen LogP contribution in [-0.4, -0.2) is 17.3 Å². The highest BCUT2D eigenvalue weighted by Crippen LogP contribution is 2.28. The molecule has 0 saturated carbocycles. The molecule has 0 aliphatic carbocycles. The van der Waals surface area contributed by atoms with Crippen LogP contribution in [0.1, 0.15) is 11.7 Å². The average Bonchev–Trinajstić information content (AvgIpc) is 2.17. The van der Waals surface area contributed by atoms with E-state index in [9.17, 15) is 10.2 Å². The van der Waals surface area contributed by atoms with Gasteiger partial charge in [0.05, 0.1) is 7.11 Å². The number of aliphatic hydroxyl groups is 1. The molecular weight excluding hydrogens is 168 g/mol. The van der Waals surface area contributed by atoms with Crippen LogP contribution in [0.25, 0.3) is 0 Å². The molecule has 13 heavy (non-hydrogen) atoms. The van der Waals surface area contributed by atoms with Gasteiger partial charge in [-0.15, -0.1) is 6.42 Å². The molecule has 1 aromatic carbocycles. The summed E-state index contributed by atoms with van der Waals surface area (Å²) in [5, 5.41) is 18.5. The number of ether oxygens (including phenoxy) is 1. The lowest BCUT2D eigenvalue weighted by Crippen LogP contribution is -1.94. The minimum absolute atomic E-state index is 0.0236. The molecule has 0 heterocycles. The molecule has 68 valence electrons. The van der Waals surface area contributed by atoms with Gasteiger partial charge in [0.15, 0.2) is 11.5 Å². The van der Waals surface area contributed by atoms with E-state index in [1.54, 1.807) is 6.07 Å². The fourth-order valence-electron chi connectivity index (χ4n) is 0.961. The molecule has 0 spiro atoms. The molecule has 0 amide bonds. The molecule has 1 atom stereocenters. The second-order valence-electron chi connectivity index (χ2n) is 2.50. The number of aliphatic hydroxyl groups excluding tert-OH is 1. The molecule has 2 N–H and O–H groups in total. The SMILES string of the molecule is C#CC(O)c1ccc(O)c(OC)c1. The largest absolute Gasteiger partial charge is 0.504 e. The minimum atomic E-state index is -0.963. The second kappa shape index (κ2) is 3.83. The van der Waals surface area contributed by atoms with Gasteiger partial charge < -0.3 is 14.9 Å². The molecule has 0 bridgehead atoms. The summed E-state index contributed by atoms with van der Waals surface area (Å²) in [5.41, 5.74) is 0.525. The van der Waals surface area contributed by atoms with Crippen molar-refractivity contribution >= 4 is 0 Å². The maximum atomic E-state index is 9.27. The summed E-state index contributed by atoms with van der Waals surface area (Å²) in [6.45, 7) is 0. The molecule has 1 rings (SSSR count). The van der Waals surface area contributed by atoms with E-state index < -0.39 is 6.10 Å². The van der Waals surface area contributed by atoms with Crippen molar-refractivity contribution in [2.75, 3.05) is 7.11 Å². The number of aromatic hydroxyl groups is 1. The van der Waals surface area contributed by atoms with Gasteiger partial charge in [0, 0.05) is 0 Å². The number of methoxy groups -OCH3 is 1. The minimum Gasteiger partial charge on any atom is -0.504 e. The van der Waals surface area contributed by atoms with Gasteiger partial charge in [-0.1, -0.05) is 12.0 Å². The summed E-state index contributed by atoms with van der Waals surface area (Å²) in [4.78, 5) is 0. The fraction of sp³-hybridized carbons (Fsp3) is 0.200. The summed E-state index contributed by atoms with van der Waals surface area (Å²) < 4.78 is 4.85. The van der Waals surface area contributed by atoms with E-state index in [0.717, 1.165) is 0 Å². The normalized spacial score (nSPS) is 11.8. The molecule has 0 aromatic heterocycles. The van der Waals surface area contributed by atoms with Crippen molar-refractivity contribution in [1.29, 1.82) is 0 Å². The Kier molecular flexibility index (Phi) is 2.78. The van der Waals surface area contributed by atoms with Crippen molar-refractivity contribution in [1.82, 2.24) is 0 Å². The van der Waals surface area contributed by atoms with Crippen molar-refractivity contribution in [3.8, 4) is 23.8 Å². The van der Waals surface area contributed by atoms with Gasteiger partial charge in [0.2, 0.25) is 0 Å². The van der Waals surface area contributed by atoms with Crippen molar-refractivity contribution in [2.24, 2.45) is 0 Å². The lowest BCUT2D eigenvalue weighted by molar-refractivity contribution is 0.237. The zero-order valence-electron chi connectivity index (χ0n) is 7.19. The van der Waals surface area contributed by atoms with Crippen LogP contribution < -0.4 is 4.74 Å². The van der Waals surface area contributed by atoms with Crippen LogP contribution in [-0.2, 0) is 0 Å². The molecule has 3 heteroatoms. The molecule has 0 aliphatic rings.